The number of hydrogen-bond donors (Lipinski definition) is 3. The van der Waals surface area contributed by atoms with Gasteiger partial charge in [0.25, 0.3) is 5.91 Å². The summed E-state index contributed by atoms with van der Waals surface area (Å²) >= 11 is 0. The van der Waals surface area contributed by atoms with Gasteiger partial charge in [-0.05, 0) is 18.6 Å². The van der Waals surface area contributed by atoms with Crippen molar-refractivity contribution < 1.29 is 19.5 Å². The average molecular weight is 281 g/mol. The van der Waals surface area contributed by atoms with E-state index in [-0.39, 0.29) is 11.7 Å². The van der Waals surface area contributed by atoms with Crippen LogP contribution in [0.3, 0.4) is 0 Å². The lowest BCUT2D eigenvalue weighted by Crippen LogP contribution is -2.25. The summed E-state index contributed by atoms with van der Waals surface area (Å²) in [5, 5.41) is 14.0. The van der Waals surface area contributed by atoms with Crippen LogP contribution in [0.25, 0.3) is 0 Å². The van der Waals surface area contributed by atoms with Crippen molar-refractivity contribution in [2.75, 3.05) is 20.8 Å². The van der Waals surface area contributed by atoms with Crippen molar-refractivity contribution in [1.29, 1.82) is 0 Å². The molecular formula is C13H19N3O4. The van der Waals surface area contributed by atoms with Gasteiger partial charge in [-0.25, -0.2) is 0 Å². The fourth-order valence-corrected chi connectivity index (χ4v) is 1.56. The Balaban J connectivity index is 2.58. The number of methoxy groups -OCH3 is 2. The molecule has 1 aromatic carbocycles. The van der Waals surface area contributed by atoms with Gasteiger partial charge in [0.05, 0.1) is 14.2 Å². The summed E-state index contributed by atoms with van der Waals surface area (Å²) in [7, 11) is 3.04. The first-order chi connectivity index (χ1) is 9.60. The number of amidine groups is 1. The Bertz CT molecular complexity index is 466. The molecule has 110 valence electrons. The number of carbonyl (C=O) groups is 1. The van der Waals surface area contributed by atoms with Crippen LogP contribution in [0.4, 0.5) is 0 Å². The molecule has 0 bridgehead atoms. The molecule has 4 N–H and O–H groups in total. The van der Waals surface area contributed by atoms with Gasteiger partial charge in [0.15, 0.2) is 0 Å². The second-order valence-corrected chi connectivity index (χ2v) is 4.05. The van der Waals surface area contributed by atoms with Crippen molar-refractivity contribution in [3.63, 3.8) is 0 Å². The number of nitrogens with one attached hydrogen (secondary N) is 1. The van der Waals surface area contributed by atoms with E-state index in [1.165, 1.54) is 14.2 Å². The Morgan fingerprint density at radius 2 is 1.90 bits per heavy atom. The highest BCUT2D eigenvalue weighted by Crippen LogP contribution is 2.22. The molecule has 0 saturated heterocycles. The smallest absolute Gasteiger partial charge is 0.251 e. The van der Waals surface area contributed by atoms with E-state index in [0.717, 1.165) is 0 Å². The summed E-state index contributed by atoms with van der Waals surface area (Å²) in [5.41, 5.74) is 5.78. The highest BCUT2D eigenvalue weighted by atomic mass is 16.5. The molecule has 0 fully saturated rings. The topological polar surface area (TPSA) is 106 Å². The normalized spacial score (nSPS) is 11.0. The predicted molar refractivity (Wildman–Crippen MR) is 74.5 cm³/mol. The quantitative estimate of drug-likeness (QED) is 0.227. The first-order valence-electron chi connectivity index (χ1n) is 6.08. The van der Waals surface area contributed by atoms with Gasteiger partial charge in [0, 0.05) is 24.6 Å². The van der Waals surface area contributed by atoms with Crippen molar-refractivity contribution in [2.24, 2.45) is 10.9 Å². The Kier molecular flexibility index (Phi) is 6.15. The fraction of sp³-hybridized carbons (Fsp3) is 0.385. The summed E-state index contributed by atoms with van der Waals surface area (Å²) in [6.07, 6.45) is 1.00. The number of amides is 1. The first-order valence-corrected chi connectivity index (χ1v) is 6.08. The number of carbonyl (C=O) groups excluding carboxylic acids is 1. The van der Waals surface area contributed by atoms with Crippen LogP contribution in [-0.2, 0) is 0 Å². The van der Waals surface area contributed by atoms with E-state index in [9.17, 15) is 4.79 Å². The molecule has 0 aliphatic rings. The molecule has 7 nitrogen and oxygen atoms in total. The number of nitrogens with two attached hydrogens (primary N) is 1. The lowest BCUT2D eigenvalue weighted by molar-refractivity contribution is 0.0952. The molecule has 7 heteroatoms. The van der Waals surface area contributed by atoms with E-state index >= 15 is 0 Å². The average Bonchev–Trinajstić information content (AvgIpc) is 2.50. The summed E-state index contributed by atoms with van der Waals surface area (Å²) < 4.78 is 10.2. The molecule has 0 unspecified atom stereocenters. The molecule has 0 aromatic heterocycles. The Hall–Kier alpha value is -2.44. The SMILES string of the molecule is COc1cc(OC)cc(C(=O)NCCCC(N)=NO)c1. The van der Waals surface area contributed by atoms with Gasteiger partial charge in [0.1, 0.15) is 17.3 Å². The molecule has 1 aromatic rings. The van der Waals surface area contributed by atoms with Crippen molar-refractivity contribution in [2.45, 2.75) is 12.8 Å². The lowest BCUT2D eigenvalue weighted by atomic mass is 10.2. The fourth-order valence-electron chi connectivity index (χ4n) is 1.56. The minimum atomic E-state index is -0.235. The molecule has 0 spiro atoms. The van der Waals surface area contributed by atoms with Gasteiger partial charge in [-0.3, -0.25) is 4.79 Å². The minimum absolute atomic E-state index is 0.141. The third-order valence-corrected chi connectivity index (χ3v) is 2.64. The van der Waals surface area contributed by atoms with Crippen LogP contribution in [0.1, 0.15) is 23.2 Å². The van der Waals surface area contributed by atoms with Gasteiger partial charge < -0.3 is 25.7 Å². The van der Waals surface area contributed by atoms with E-state index in [0.29, 0.717) is 36.4 Å². The number of oxime groups is 1. The van der Waals surface area contributed by atoms with Crippen LogP contribution in [0.5, 0.6) is 11.5 Å². The largest absolute Gasteiger partial charge is 0.497 e. The van der Waals surface area contributed by atoms with Crippen LogP contribution in [0.2, 0.25) is 0 Å². The monoisotopic (exact) mass is 281 g/mol. The highest BCUT2D eigenvalue weighted by molar-refractivity contribution is 5.95. The molecule has 0 atom stereocenters. The Morgan fingerprint density at radius 3 is 2.40 bits per heavy atom. The van der Waals surface area contributed by atoms with E-state index in [2.05, 4.69) is 10.5 Å². The number of nitrogens with zero attached hydrogens (tertiary/aromatic N) is 1. The highest BCUT2D eigenvalue weighted by Gasteiger charge is 2.09. The van der Waals surface area contributed by atoms with Crippen molar-refractivity contribution >= 4 is 11.7 Å². The van der Waals surface area contributed by atoms with Crippen LogP contribution in [-0.4, -0.2) is 37.7 Å². The van der Waals surface area contributed by atoms with Crippen LogP contribution < -0.4 is 20.5 Å². The summed E-state index contributed by atoms with van der Waals surface area (Å²) in [5.74, 6) is 1.00. The van der Waals surface area contributed by atoms with Crippen LogP contribution >= 0.6 is 0 Å². The third-order valence-electron chi connectivity index (χ3n) is 2.64. The molecule has 20 heavy (non-hydrogen) atoms. The molecule has 0 radical (unpaired) electrons. The van der Waals surface area contributed by atoms with Gasteiger partial charge in [-0.1, -0.05) is 5.16 Å². The van der Waals surface area contributed by atoms with Crippen molar-refractivity contribution in [3.8, 4) is 11.5 Å². The maximum atomic E-state index is 12.0. The third kappa shape index (κ3) is 4.68. The number of rotatable bonds is 7. The zero-order valence-electron chi connectivity index (χ0n) is 11.5. The first kappa shape index (κ1) is 15.6. The summed E-state index contributed by atoms with van der Waals surface area (Å²) in [6.45, 7) is 0.425. The van der Waals surface area contributed by atoms with Crippen molar-refractivity contribution in [1.82, 2.24) is 5.32 Å². The second-order valence-electron chi connectivity index (χ2n) is 4.05. The van der Waals surface area contributed by atoms with E-state index < -0.39 is 0 Å². The van der Waals surface area contributed by atoms with Gasteiger partial charge >= 0.3 is 0 Å². The number of ether oxygens (including phenoxy) is 2. The molecule has 0 aliphatic carbocycles. The maximum Gasteiger partial charge on any atom is 0.251 e. The Morgan fingerprint density at radius 1 is 1.30 bits per heavy atom. The van der Waals surface area contributed by atoms with Gasteiger partial charge in [0.2, 0.25) is 0 Å². The standard InChI is InChI=1S/C13H19N3O4/c1-19-10-6-9(7-11(8-10)20-2)13(17)15-5-3-4-12(14)16-18/h6-8,18H,3-5H2,1-2H3,(H2,14,16)(H,15,17). The number of benzene rings is 1. The van der Waals surface area contributed by atoms with E-state index in [1.807, 2.05) is 0 Å². The molecular weight excluding hydrogens is 262 g/mol. The predicted octanol–water partition coefficient (Wildman–Crippen LogP) is 0.960. The number of hydrogen-bond acceptors (Lipinski definition) is 5. The lowest BCUT2D eigenvalue weighted by Gasteiger charge is -2.09. The molecule has 0 aliphatic heterocycles. The van der Waals surface area contributed by atoms with Crippen LogP contribution in [0, 0.1) is 0 Å². The van der Waals surface area contributed by atoms with Crippen LogP contribution in [0.15, 0.2) is 23.4 Å². The minimum Gasteiger partial charge on any atom is -0.497 e. The zero-order chi connectivity index (χ0) is 15.0. The summed E-state index contributed by atoms with van der Waals surface area (Å²) in [4.78, 5) is 12.0. The van der Waals surface area contributed by atoms with Crippen molar-refractivity contribution in [3.05, 3.63) is 23.8 Å². The molecule has 1 rings (SSSR count). The molecule has 1 amide bonds. The van der Waals surface area contributed by atoms with E-state index in [1.54, 1.807) is 18.2 Å². The summed E-state index contributed by atoms with van der Waals surface area (Å²) in [6, 6.07) is 4.94. The second kappa shape index (κ2) is 7.88. The maximum absolute atomic E-state index is 12.0. The van der Waals surface area contributed by atoms with Gasteiger partial charge in [-0.15, -0.1) is 0 Å². The van der Waals surface area contributed by atoms with E-state index in [4.69, 9.17) is 20.4 Å². The zero-order valence-corrected chi connectivity index (χ0v) is 11.5. The molecule has 0 heterocycles. The Labute approximate surface area is 117 Å². The molecule has 0 saturated carbocycles. The van der Waals surface area contributed by atoms with Gasteiger partial charge in [-0.2, -0.15) is 0 Å².